The summed E-state index contributed by atoms with van der Waals surface area (Å²) in [5, 5.41) is 6.40. The van der Waals surface area contributed by atoms with E-state index in [9.17, 15) is 0 Å². The van der Waals surface area contributed by atoms with Gasteiger partial charge in [0, 0.05) is 0 Å². The second-order valence-electron chi connectivity index (χ2n) is 22.0. The minimum absolute atomic E-state index is 0.553. The Kier molecular flexibility index (Phi) is 11.1. The van der Waals surface area contributed by atoms with E-state index in [0.29, 0.717) is 7.35 Å². The molecule has 0 radical (unpaired) electrons. The van der Waals surface area contributed by atoms with Gasteiger partial charge in [0.15, 0.2) is 0 Å². The molecular formula is C48H70HfSi5. The molecule has 54 heavy (non-hydrogen) atoms. The third-order valence-electron chi connectivity index (χ3n) is 13.7. The second-order valence-corrected chi connectivity index (χ2v) is 89.7. The normalized spacial score (nSPS) is 17.6. The monoisotopic (exact) mass is 966 g/mol. The molecule has 2 atom stereocenters. The van der Waals surface area contributed by atoms with Gasteiger partial charge in [0.2, 0.25) is 0 Å². The van der Waals surface area contributed by atoms with Crippen LogP contribution in [0.25, 0.3) is 34.4 Å². The van der Waals surface area contributed by atoms with E-state index >= 15 is 0 Å². The molecule has 0 amide bonds. The molecule has 2 aliphatic rings. The molecular weight excluding hydrogens is 895 g/mol. The topological polar surface area (TPSA) is 0 Å². The number of fused-ring (bicyclic) bond motifs is 2. The summed E-state index contributed by atoms with van der Waals surface area (Å²) in [5.74, 6) is 0. The van der Waals surface area contributed by atoms with Gasteiger partial charge in [0.25, 0.3) is 0 Å². The molecule has 2 unspecified atom stereocenters. The van der Waals surface area contributed by atoms with Gasteiger partial charge in [0.1, 0.15) is 0 Å². The van der Waals surface area contributed by atoms with Gasteiger partial charge >= 0.3 is 338 Å². The van der Waals surface area contributed by atoms with Gasteiger partial charge in [-0.1, -0.05) is 0 Å². The fourth-order valence-electron chi connectivity index (χ4n) is 9.52. The molecule has 6 rings (SSSR count). The number of hydrogen-bond acceptors (Lipinski definition) is 0. The van der Waals surface area contributed by atoms with Crippen LogP contribution in [0.4, 0.5) is 0 Å². The van der Waals surface area contributed by atoms with Crippen molar-refractivity contribution in [1.29, 1.82) is 0 Å². The standard InChI is InChI=1S/2C21H27Si2.C4H10Si.2CH3.Hf/c2*1-22(2,3)18-13-17(14-19(15-18)23(4,5)6)21-12-8-10-16-9-7-11-20(16)21;1-3-4-5-2;;;/h2*7-15H,1-6H3;3-4H2,1-2H3;2*1H3;. The molecule has 0 saturated heterocycles. The summed E-state index contributed by atoms with van der Waals surface area (Å²) in [6, 6.07) is 31.6. The van der Waals surface area contributed by atoms with Crippen LogP contribution in [0, 0.1) is 0 Å². The summed E-state index contributed by atoms with van der Waals surface area (Å²) < 4.78 is 6.94. The molecule has 4 aromatic rings. The zero-order valence-electron chi connectivity index (χ0n) is 36.8. The first-order chi connectivity index (χ1) is 24.8. The van der Waals surface area contributed by atoms with Crippen molar-refractivity contribution in [3.8, 4) is 22.3 Å². The van der Waals surface area contributed by atoms with Crippen LogP contribution < -0.4 is 20.7 Å². The quantitative estimate of drug-likeness (QED) is 0.139. The predicted octanol–water partition coefficient (Wildman–Crippen LogP) is 12.9. The van der Waals surface area contributed by atoms with Crippen LogP contribution in [0.1, 0.15) is 42.9 Å². The Balaban J connectivity index is 1.54. The van der Waals surface area contributed by atoms with Crippen molar-refractivity contribution < 1.29 is 17.1 Å². The van der Waals surface area contributed by atoms with Crippen LogP contribution >= 0.6 is 0 Å². The zero-order chi connectivity index (χ0) is 39.8. The molecule has 0 aliphatic heterocycles. The summed E-state index contributed by atoms with van der Waals surface area (Å²) in [6.07, 6.45) is 11.9. The SMILES string of the molecule is CCC[Si](C)=[Hf]([CH3])([CH3])([CH]1C=Cc2c(-c3cc([Si](C)(C)C)cc([Si](C)(C)C)c3)cccc21)[CH]1C=Cc2c(-c3cc([Si](C)(C)C)cc([Si](C)(C)C)c3)cccc21. The van der Waals surface area contributed by atoms with E-state index in [0.717, 1.165) is 0 Å². The molecule has 286 valence electrons. The van der Waals surface area contributed by atoms with Crippen LogP contribution in [0.5, 0.6) is 0 Å². The number of hydrogen-bond donors (Lipinski definition) is 0. The van der Waals surface area contributed by atoms with Crippen LogP contribution in [0.3, 0.4) is 0 Å². The van der Waals surface area contributed by atoms with Gasteiger partial charge in [0.05, 0.1) is 0 Å². The Morgan fingerprint density at radius 2 is 0.852 bits per heavy atom. The third-order valence-corrected chi connectivity index (χ3v) is 79.9. The van der Waals surface area contributed by atoms with Gasteiger partial charge in [-0.25, -0.2) is 0 Å². The first-order valence-electron chi connectivity index (χ1n) is 20.8. The minimum atomic E-state index is -3.92. The molecule has 0 nitrogen and oxygen atoms in total. The summed E-state index contributed by atoms with van der Waals surface area (Å²) in [7, 11) is -6.02. The summed E-state index contributed by atoms with van der Waals surface area (Å²) in [4.78, 5) is 0. The van der Waals surface area contributed by atoms with E-state index in [2.05, 4.69) is 198 Å². The van der Waals surface area contributed by atoms with E-state index < -0.39 is 54.9 Å². The Morgan fingerprint density at radius 3 is 1.15 bits per heavy atom. The van der Waals surface area contributed by atoms with Crippen molar-refractivity contribution in [1.82, 2.24) is 0 Å². The van der Waals surface area contributed by atoms with E-state index in [4.69, 9.17) is 0 Å². The Labute approximate surface area is 335 Å². The van der Waals surface area contributed by atoms with Crippen LogP contribution in [-0.2, 0) is 17.1 Å². The van der Waals surface area contributed by atoms with Gasteiger partial charge < -0.3 is 0 Å². The van der Waals surface area contributed by atoms with Crippen LogP contribution in [-0.4, -0.2) is 37.8 Å². The van der Waals surface area contributed by atoms with E-state index in [-0.39, 0.29) is 0 Å². The fraction of sp³-hybridized carbons (Fsp3) is 0.417. The molecule has 0 saturated carbocycles. The summed E-state index contributed by atoms with van der Waals surface area (Å²) in [6.45, 7) is 35.3. The molecule has 6 heteroatoms. The van der Waals surface area contributed by atoms with E-state index in [1.807, 2.05) is 0 Å². The van der Waals surface area contributed by atoms with Gasteiger partial charge in [-0.3, -0.25) is 0 Å². The van der Waals surface area contributed by atoms with Crippen LogP contribution in [0.15, 0.2) is 84.9 Å². The first kappa shape index (κ1) is 41.9. The van der Waals surface area contributed by atoms with Crippen molar-refractivity contribution in [3.05, 3.63) is 107 Å². The van der Waals surface area contributed by atoms with Gasteiger partial charge in [-0.2, -0.15) is 0 Å². The van der Waals surface area contributed by atoms with Gasteiger partial charge in [-0.15, -0.1) is 0 Å². The average molecular weight is 966 g/mol. The summed E-state index contributed by atoms with van der Waals surface area (Å²) >= 11 is -3.92. The maximum atomic E-state index is 2.92. The Hall–Kier alpha value is -1.69. The van der Waals surface area contributed by atoms with Crippen molar-refractivity contribution in [2.24, 2.45) is 0 Å². The molecule has 0 heterocycles. The van der Waals surface area contributed by atoms with Crippen molar-refractivity contribution in [3.63, 3.8) is 0 Å². The van der Waals surface area contributed by atoms with E-state index in [1.165, 1.54) is 45.8 Å². The molecule has 0 bridgehead atoms. The first-order valence-corrected chi connectivity index (χ1v) is 53.8. The fourth-order valence-corrected chi connectivity index (χ4v) is 58.9. The van der Waals surface area contributed by atoms with Gasteiger partial charge in [-0.05, 0) is 0 Å². The summed E-state index contributed by atoms with van der Waals surface area (Å²) in [5.41, 5.74) is 11.4. The molecule has 2 aliphatic carbocycles. The van der Waals surface area contributed by atoms with Crippen molar-refractivity contribution in [2.45, 2.75) is 121 Å². The molecule has 0 spiro atoms. The van der Waals surface area contributed by atoms with Crippen molar-refractivity contribution in [2.75, 3.05) is 0 Å². The Morgan fingerprint density at radius 1 is 0.519 bits per heavy atom. The third kappa shape index (κ3) is 7.55. The van der Waals surface area contributed by atoms with Crippen LogP contribution in [0.2, 0.25) is 101 Å². The Bertz CT molecular complexity index is 2040. The number of allylic oxidation sites excluding steroid dienone is 2. The zero-order valence-corrected chi connectivity index (χ0v) is 45.4. The van der Waals surface area contributed by atoms with Crippen molar-refractivity contribution >= 4 is 70.7 Å². The molecule has 0 N–H and O–H groups in total. The molecule has 0 fully saturated rings. The predicted molar refractivity (Wildman–Crippen MR) is 258 cm³/mol. The maximum absolute atomic E-state index is 3.92. The number of rotatable bonds is 10. The second kappa shape index (κ2) is 14.3. The molecule has 0 aromatic heterocycles. The molecule has 4 aromatic carbocycles. The van der Waals surface area contributed by atoms with E-state index in [1.54, 1.807) is 31.9 Å². The number of benzene rings is 4. The average Bonchev–Trinajstić information content (AvgIpc) is 3.73.